The minimum absolute atomic E-state index is 0.161. The fraction of sp³-hybridized carbons (Fsp3) is 0.417. The van der Waals surface area contributed by atoms with Crippen molar-refractivity contribution in [3.63, 3.8) is 0 Å². The maximum absolute atomic E-state index is 12.0. The van der Waals surface area contributed by atoms with Crippen LogP contribution in [-0.4, -0.2) is 27.0 Å². The molecule has 6 heteroatoms. The maximum Gasteiger partial charge on any atom is 0.232 e. The van der Waals surface area contributed by atoms with Gasteiger partial charge in [0.25, 0.3) is 0 Å². The van der Waals surface area contributed by atoms with Crippen LogP contribution in [0.1, 0.15) is 19.5 Å². The van der Waals surface area contributed by atoms with E-state index in [0.29, 0.717) is 11.5 Å². The fourth-order valence-electron chi connectivity index (χ4n) is 1.43. The highest BCUT2D eigenvalue weighted by atomic mass is 35.5. The van der Waals surface area contributed by atoms with Crippen LogP contribution < -0.4 is 5.32 Å². The second-order valence-electron chi connectivity index (χ2n) is 4.89. The molecular formula is C12H15ClN4O. The van der Waals surface area contributed by atoms with Crippen molar-refractivity contribution in [2.75, 3.05) is 11.2 Å². The molecule has 2 aromatic rings. The molecule has 1 amide bonds. The topological polar surface area (TPSA) is 70.7 Å². The number of pyridine rings is 1. The zero-order valence-corrected chi connectivity index (χ0v) is 11.3. The number of halogens is 1. The van der Waals surface area contributed by atoms with Crippen LogP contribution in [0.25, 0.3) is 11.0 Å². The minimum Gasteiger partial charge on any atom is -0.308 e. The quantitative estimate of drug-likeness (QED) is 0.839. The van der Waals surface area contributed by atoms with Crippen LogP contribution in [0.5, 0.6) is 0 Å². The van der Waals surface area contributed by atoms with E-state index in [-0.39, 0.29) is 11.8 Å². The van der Waals surface area contributed by atoms with Crippen LogP contribution >= 0.6 is 11.6 Å². The van der Waals surface area contributed by atoms with Gasteiger partial charge in [-0.15, -0.1) is 11.6 Å². The second-order valence-corrected chi connectivity index (χ2v) is 5.16. The second kappa shape index (κ2) is 4.57. The first kappa shape index (κ1) is 12.8. The lowest BCUT2D eigenvalue weighted by molar-refractivity contribution is -0.122. The molecule has 2 rings (SSSR count). The summed E-state index contributed by atoms with van der Waals surface area (Å²) in [6.45, 7) is 5.47. The van der Waals surface area contributed by atoms with Crippen molar-refractivity contribution in [3.05, 3.63) is 17.8 Å². The number of fused-ring (bicyclic) bond motifs is 1. The average Bonchev–Trinajstić information content (AvgIpc) is 2.71. The number of carbonyl (C=O) groups excluding carboxylic acids is 1. The van der Waals surface area contributed by atoms with Crippen molar-refractivity contribution < 1.29 is 4.79 Å². The van der Waals surface area contributed by atoms with Crippen LogP contribution in [0.2, 0.25) is 0 Å². The van der Waals surface area contributed by atoms with Gasteiger partial charge in [-0.3, -0.25) is 9.89 Å². The molecule has 0 aliphatic carbocycles. The van der Waals surface area contributed by atoms with Crippen LogP contribution in [-0.2, 0) is 4.79 Å². The molecule has 0 atom stereocenters. The molecule has 18 heavy (non-hydrogen) atoms. The van der Waals surface area contributed by atoms with E-state index in [1.165, 1.54) is 0 Å². The van der Waals surface area contributed by atoms with E-state index < -0.39 is 5.41 Å². The van der Waals surface area contributed by atoms with E-state index >= 15 is 0 Å². The SMILES string of the molecule is Cc1ccc2c(NC(=O)C(C)(C)CCl)n[nH]c2n1. The van der Waals surface area contributed by atoms with E-state index in [0.717, 1.165) is 11.1 Å². The Balaban J connectivity index is 2.30. The number of nitrogens with zero attached hydrogens (tertiary/aromatic N) is 2. The third kappa shape index (κ3) is 2.31. The van der Waals surface area contributed by atoms with Crippen molar-refractivity contribution in [1.82, 2.24) is 15.2 Å². The van der Waals surface area contributed by atoms with Crippen molar-refractivity contribution in [3.8, 4) is 0 Å². The minimum atomic E-state index is -0.634. The molecule has 0 aliphatic heterocycles. The summed E-state index contributed by atoms with van der Waals surface area (Å²) in [4.78, 5) is 16.3. The van der Waals surface area contributed by atoms with Gasteiger partial charge in [0.1, 0.15) is 0 Å². The number of aromatic amines is 1. The van der Waals surface area contributed by atoms with E-state index in [2.05, 4.69) is 20.5 Å². The van der Waals surface area contributed by atoms with Crippen molar-refractivity contribution >= 4 is 34.4 Å². The predicted octanol–water partition coefficient (Wildman–Crippen LogP) is 2.47. The van der Waals surface area contributed by atoms with Crippen molar-refractivity contribution in [2.24, 2.45) is 5.41 Å². The molecule has 0 fully saturated rings. The van der Waals surface area contributed by atoms with E-state index in [1.807, 2.05) is 19.1 Å². The van der Waals surface area contributed by atoms with Crippen LogP contribution in [0.15, 0.2) is 12.1 Å². The molecule has 0 spiro atoms. The third-order valence-corrected chi connectivity index (χ3v) is 3.41. The van der Waals surface area contributed by atoms with Crippen molar-refractivity contribution in [2.45, 2.75) is 20.8 Å². The molecule has 2 N–H and O–H groups in total. The molecule has 2 aromatic heterocycles. The largest absolute Gasteiger partial charge is 0.308 e. The lowest BCUT2D eigenvalue weighted by Crippen LogP contribution is -2.32. The third-order valence-electron chi connectivity index (χ3n) is 2.74. The molecule has 0 saturated heterocycles. The smallest absolute Gasteiger partial charge is 0.232 e. The number of anilines is 1. The Hall–Kier alpha value is -1.62. The summed E-state index contributed by atoms with van der Waals surface area (Å²) in [6, 6.07) is 3.75. The van der Waals surface area contributed by atoms with Gasteiger partial charge in [0.2, 0.25) is 5.91 Å². The van der Waals surface area contributed by atoms with E-state index in [4.69, 9.17) is 11.6 Å². The summed E-state index contributed by atoms with van der Waals surface area (Å²) < 4.78 is 0. The first-order valence-electron chi connectivity index (χ1n) is 5.63. The number of aromatic nitrogens is 3. The molecule has 5 nitrogen and oxygen atoms in total. The van der Waals surface area contributed by atoms with Crippen LogP contribution in [0, 0.1) is 12.3 Å². The molecule has 0 unspecified atom stereocenters. The fourth-order valence-corrected chi connectivity index (χ4v) is 1.56. The molecule has 0 aliphatic rings. The predicted molar refractivity (Wildman–Crippen MR) is 71.8 cm³/mol. The molecule has 96 valence electrons. The number of aryl methyl sites for hydroxylation is 1. The lowest BCUT2D eigenvalue weighted by Gasteiger charge is -2.19. The van der Waals surface area contributed by atoms with Gasteiger partial charge in [0, 0.05) is 11.6 Å². The number of nitrogens with one attached hydrogen (secondary N) is 2. The summed E-state index contributed by atoms with van der Waals surface area (Å²) in [6.07, 6.45) is 0. The Kier molecular flexibility index (Phi) is 3.26. The number of hydrogen-bond donors (Lipinski definition) is 2. The highest BCUT2D eigenvalue weighted by Crippen LogP contribution is 2.23. The summed E-state index contributed by atoms with van der Waals surface area (Å²) >= 11 is 5.77. The maximum atomic E-state index is 12.0. The number of amides is 1. The van der Waals surface area contributed by atoms with Crippen LogP contribution in [0.3, 0.4) is 0 Å². The Labute approximate surface area is 110 Å². The zero-order chi connectivity index (χ0) is 13.3. The van der Waals surface area contributed by atoms with Gasteiger partial charge in [0.05, 0.1) is 10.8 Å². The summed E-state index contributed by atoms with van der Waals surface area (Å²) in [5.74, 6) is 0.575. The molecule has 0 saturated carbocycles. The lowest BCUT2D eigenvalue weighted by atomic mass is 9.95. The Morgan fingerprint density at radius 3 is 2.89 bits per heavy atom. The van der Waals surface area contributed by atoms with Gasteiger partial charge < -0.3 is 5.32 Å². The number of H-pyrrole nitrogens is 1. The Morgan fingerprint density at radius 1 is 1.50 bits per heavy atom. The molecule has 2 heterocycles. The molecule has 0 radical (unpaired) electrons. The summed E-state index contributed by atoms with van der Waals surface area (Å²) in [5, 5.41) is 10.4. The number of rotatable bonds is 3. The summed E-state index contributed by atoms with van der Waals surface area (Å²) in [5.41, 5.74) is 0.921. The highest BCUT2D eigenvalue weighted by molar-refractivity contribution is 6.20. The van der Waals surface area contributed by atoms with Crippen LogP contribution in [0.4, 0.5) is 5.82 Å². The van der Waals surface area contributed by atoms with Crippen molar-refractivity contribution in [1.29, 1.82) is 0 Å². The van der Waals surface area contributed by atoms with Gasteiger partial charge >= 0.3 is 0 Å². The summed E-state index contributed by atoms with van der Waals surface area (Å²) in [7, 11) is 0. The first-order chi connectivity index (χ1) is 8.44. The number of hydrogen-bond acceptors (Lipinski definition) is 3. The normalized spacial score (nSPS) is 11.8. The van der Waals surface area contributed by atoms with Gasteiger partial charge in [-0.2, -0.15) is 5.10 Å². The Morgan fingerprint density at radius 2 is 2.22 bits per heavy atom. The molecular weight excluding hydrogens is 252 g/mol. The number of alkyl halides is 1. The van der Waals surface area contributed by atoms with Gasteiger partial charge in [0.15, 0.2) is 11.5 Å². The molecule has 0 aromatic carbocycles. The molecule has 0 bridgehead atoms. The standard InChI is InChI=1S/C12H15ClN4O/c1-7-4-5-8-9(14-7)16-17-10(8)15-11(18)12(2,3)6-13/h4-5H,6H2,1-3H3,(H2,14,15,16,17,18). The van der Waals surface area contributed by atoms with Gasteiger partial charge in [-0.25, -0.2) is 4.98 Å². The first-order valence-corrected chi connectivity index (χ1v) is 6.16. The van der Waals surface area contributed by atoms with Gasteiger partial charge in [-0.1, -0.05) is 0 Å². The monoisotopic (exact) mass is 266 g/mol. The Bertz CT molecular complexity index is 591. The van der Waals surface area contributed by atoms with Gasteiger partial charge in [-0.05, 0) is 32.9 Å². The zero-order valence-electron chi connectivity index (χ0n) is 10.5. The number of carbonyl (C=O) groups is 1. The average molecular weight is 267 g/mol. The highest BCUT2D eigenvalue weighted by Gasteiger charge is 2.27. The van der Waals surface area contributed by atoms with E-state index in [1.54, 1.807) is 13.8 Å². The van der Waals surface area contributed by atoms with E-state index in [9.17, 15) is 4.79 Å².